The van der Waals surface area contributed by atoms with Crippen molar-refractivity contribution in [1.82, 2.24) is 0 Å². The molecule has 1 rings (SSSR count). The number of nitrogens with zero attached hydrogens (tertiary/aromatic N) is 1. The molecule has 0 saturated carbocycles. The zero-order valence-electron chi connectivity index (χ0n) is 7.09. The standard InChI is InChI=1S/C10H9NO/c1-7-3-8(2)10(6-12)9(4-7)5-11/h3-4,6H,1-2H3. The Bertz CT molecular complexity index is 361. The van der Waals surface area contributed by atoms with Gasteiger partial charge in [-0.1, -0.05) is 6.07 Å². The fraction of sp³-hybridized carbons (Fsp3) is 0.200. The molecule has 0 fully saturated rings. The van der Waals surface area contributed by atoms with E-state index >= 15 is 0 Å². The molecule has 1 aromatic rings. The quantitative estimate of drug-likeness (QED) is 0.588. The van der Waals surface area contributed by atoms with Crippen molar-refractivity contribution in [1.29, 1.82) is 5.26 Å². The Morgan fingerprint density at radius 2 is 2.08 bits per heavy atom. The van der Waals surface area contributed by atoms with Crippen molar-refractivity contribution >= 4 is 6.29 Å². The molecular formula is C10H9NO. The molecule has 0 unspecified atom stereocenters. The van der Waals surface area contributed by atoms with Crippen LogP contribution < -0.4 is 0 Å². The van der Waals surface area contributed by atoms with Crippen molar-refractivity contribution in [3.63, 3.8) is 0 Å². The number of benzene rings is 1. The normalized spacial score (nSPS) is 9.08. The third kappa shape index (κ3) is 1.35. The molecule has 0 saturated heterocycles. The fourth-order valence-corrected chi connectivity index (χ4v) is 1.23. The monoisotopic (exact) mass is 159 g/mol. The lowest BCUT2D eigenvalue weighted by atomic mass is 10.0. The minimum atomic E-state index is 0.461. The van der Waals surface area contributed by atoms with E-state index in [1.807, 2.05) is 26.0 Å². The molecule has 1 aromatic carbocycles. The van der Waals surface area contributed by atoms with E-state index in [1.165, 1.54) is 0 Å². The molecule has 60 valence electrons. The Morgan fingerprint density at radius 1 is 1.42 bits per heavy atom. The lowest BCUT2D eigenvalue weighted by Gasteiger charge is -2.01. The molecule has 0 aliphatic heterocycles. The van der Waals surface area contributed by atoms with E-state index in [2.05, 4.69) is 0 Å². The zero-order chi connectivity index (χ0) is 9.14. The number of hydrogen-bond acceptors (Lipinski definition) is 2. The molecule has 2 heteroatoms. The molecule has 12 heavy (non-hydrogen) atoms. The second-order valence-electron chi connectivity index (χ2n) is 2.77. The average Bonchev–Trinajstić information content (AvgIpc) is 2.03. The highest BCUT2D eigenvalue weighted by Gasteiger charge is 2.04. The Kier molecular flexibility index (Phi) is 2.25. The molecule has 0 N–H and O–H groups in total. The van der Waals surface area contributed by atoms with E-state index in [-0.39, 0.29) is 0 Å². The van der Waals surface area contributed by atoms with Gasteiger partial charge >= 0.3 is 0 Å². The van der Waals surface area contributed by atoms with Crippen molar-refractivity contribution in [2.24, 2.45) is 0 Å². The lowest BCUT2D eigenvalue weighted by molar-refractivity contribution is 0.112. The van der Waals surface area contributed by atoms with Crippen molar-refractivity contribution in [2.45, 2.75) is 13.8 Å². The Balaban J connectivity index is 3.46. The second-order valence-corrected chi connectivity index (χ2v) is 2.77. The van der Waals surface area contributed by atoms with Gasteiger partial charge in [0.25, 0.3) is 0 Å². The fourth-order valence-electron chi connectivity index (χ4n) is 1.23. The van der Waals surface area contributed by atoms with Crippen molar-refractivity contribution in [2.75, 3.05) is 0 Å². The van der Waals surface area contributed by atoms with Gasteiger partial charge in [-0.15, -0.1) is 0 Å². The molecule has 0 aliphatic rings. The van der Waals surface area contributed by atoms with E-state index in [9.17, 15) is 4.79 Å². The molecule has 0 heterocycles. The first-order chi connectivity index (χ1) is 5.69. The topological polar surface area (TPSA) is 40.9 Å². The number of rotatable bonds is 1. The van der Waals surface area contributed by atoms with Crippen LogP contribution in [0.3, 0.4) is 0 Å². The molecule has 0 bridgehead atoms. The van der Waals surface area contributed by atoms with Crippen LogP contribution in [-0.2, 0) is 0 Å². The third-order valence-electron chi connectivity index (χ3n) is 1.77. The summed E-state index contributed by atoms with van der Waals surface area (Å²) in [5, 5.41) is 8.69. The van der Waals surface area contributed by atoms with Gasteiger partial charge in [0, 0.05) is 5.56 Å². The Hall–Kier alpha value is -1.62. The lowest BCUT2D eigenvalue weighted by Crippen LogP contribution is -1.93. The van der Waals surface area contributed by atoms with Gasteiger partial charge in [-0.2, -0.15) is 5.26 Å². The first-order valence-electron chi connectivity index (χ1n) is 3.65. The van der Waals surface area contributed by atoms with E-state index in [1.54, 1.807) is 6.07 Å². The van der Waals surface area contributed by atoms with Crippen LogP contribution in [0.5, 0.6) is 0 Å². The summed E-state index contributed by atoms with van der Waals surface area (Å²) in [5.74, 6) is 0. The molecule has 0 aliphatic carbocycles. The van der Waals surface area contributed by atoms with E-state index in [0.29, 0.717) is 11.1 Å². The molecule has 0 amide bonds. The van der Waals surface area contributed by atoms with Gasteiger partial charge < -0.3 is 0 Å². The summed E-state index contributed by atoms with van der Waals surface area (Å²) in [4.78, 5) is 10.6. The van der Waals surface area contributed by atoms with Crippen LogP contribution in [0.1, 0.15) is 27.0 Å². The van der Waals surface area contributed by atoms with Crippen molar-refractivity contribution < 1.29 is 4.79 Å². The van der Waals surface area contributed by atoms with Crippen LogP contribution in [0.15, 0.2) is 12.1 Å². The maximum absolute atomic E-state index is 10.6. The maximum atomic E-state index is 10.6. The SMILES string of the molecule is Cc1cc(C)c(C=O)c(C#N)c1. The predicted octanol–water partition coefficient (Wildman–Crippen LogP) is 1.99. The first-order valence-corrected chi connectivity index (χ1v) is 3.65. The van der Waals surface area contributed by atoms with E-state index in [0.717, 1.165) is 17.4 Å². The van der Waals surface area contributed by atoms with E-state index in [4.69, 9.17) is 5.26 Å². The average molecular weight is 159 g/mol. The van der Waals surface area contributed by atoms with Gasteiger partial charge in [0.15, 0.2) is 6.29 Å². The summed E-state index contributed by atoms with van der Waals surface area (Å²) in [7, 11) is 0. The Labute approximate surface area is 71.4 Å². The number of carbonyl (C=O) groups excluding carboxylic acids is 1. The minimum Gasteiger partial charge on any atom is -0.298 e. The van der Waals surface area contributed by atoms with Crippen LogP contribution in [0, 0.1) is 25.2 Å². The molecule has 0 atom stereocenters. The van der Waals surface area contributed by atoms with Crippen molar-refractivity contribution in [3.05, 3.63) is 34.4 Å². The van der Waals surface area contributed by atoms with Crippen LogP contribution in [0.25, 0.3) is 0 Å². The van der Waals surface area contributed by atoms with Crippen LogP contribution >= 0.6 is 0 Å². The first kappa shape index (κ1) is 8.48. The highest BCUT2D eigenvalue weighted by Crippen LogP contribution is 2.13. The summed E-state index contributed by atoms with van der Waals surface area (Å²) < 4.78 is 0. The summed E-state index contributed by atoms with van der Waals surface area (Å²) in [6.07, 6.45) is 0.729. The Morgan fingerprint density at radius 3 is 2.58 bits per heavy atom. The zero-order valence-corrected chi connectivity index (χ0v) is 7.09. The van der Waals surface area contributed by atoms with Crippen LogP contribution in [0.2, 0.25) is 0 Å². The smallest absolute Gasteiger partial charge is 0.151 e. The van der Waals surface area contributed by atoms with Crippen LogP contribution in [-0.4, -0.2) is 6.29 Å². The predicted molar refractivity (Wildman–Crippen MR) is 46.0 cm³/mol. The van der Waals surface area contributed by atoms with Gasteiger partial charge in [-0.25, -0.2) is 0 Å². The van der Waals surface area contributed by atoms with E-state index < -0.39 is 0 Å². The highest BCUT2D eigenvalue weighted by atomic mass is 16.1. The molecule has 0 radical (unpaired) electrons. The van der Waals surface area contributed by atoms with Crippen molar-refractivity contribution in [3.8, 4) is 6.07 Å². The van der Waals surface area contributed by atoms with Crippen LogP contribution in [0.4, 0.5) is 0 Å². The molecule has 2 nitrogen and oxygen atoms in total. The summed E-state index contributed by atoms with van der Waals surface area (Å²) in [6, 6.07) is 5.61. The third-order valence-corrected chi connectivity index (χ3v) is 1.77. The maximum Gasteiger partial charge on any atom is 0.151 e. The number of carbonyl (C=O) groups is 1. The molecular weight excluding hydrogens is 150 g/mol. The minimum absolute atomic E-state index is 0.461. The van der Waals surface area contributed by atoms with Gasteiger partial charge in [0.05, 0.1) is 11.6 Å². The largest absolute Gasteiger partial charge is 0.298 e. The van der Waals surface area contributed by atoms with Gasteiger partial charge in [0.2, 0.25) is 0 Å². The number of hydrogen-bond donors (Lipinski definition) is 0. The van der Waals surface area contributed by atoms with Gasteiger partial charge in [-0.3, -0.25) is 4.79 Å². The number of aldehydes is 1. The number of nitriles is 1. The summed E-state index contributed by atoms with van der Waals surface area (Å²) in [6.45, 7) is 3.74. The second kappa shape index (κ2) is 3.19. The summed E-state index contributed by atoms with van der Waals surface area (Å²) >= 11 is 0. The van der Waals surface area contributed by atoms with Gasteiger partial charge in [-0.05, 0) is 31.0 Å². The van der Waals surface area contributed by atoms with Gasteiger partial charge in [0.1, 0.15) is 0 Å². The number of aryl methyl sites for hydroxylation is 2. The highest BCUT2D eigenvalue weighted by molar-refractivity contribution is 5.81. The molecule has 0 spiro atoms. The summed E-state index contributed by atoms with van der Waals surface area (Å²) in [5.41, 5.74) is 2.84. The molecule has 0 aromatic heterocycles.